The summed E-state index contributed by atoms with van der Waals surface area (Å²) in [5.74, 6) is 0.694. The number of benzene rings is 3. The first-order valence-corrected chi connectivity index (χ1v) is 16.2. The summed E-state index contributed by atoms with van der Waals surface area (Å²) < 4.78 is 41.6. The molecule has 1 N–H and O–H groups in total. The van der Waals surface area contributed by atoms with E-state index in [2.05, 4.69) is 4.72 Å². The Morgan fingerprint density at radius 2 is 1.67 bits per heavy atom. The summed E-state index contributed by atoms with van der Waals surface area (Å²) in [4.78, 5) is 29.1. The second-order valence-corrected chi connectivity index (χ2v) is 13.0. The molecule has 0 saturated carbocycles. The van der Waals surface area contributed by atoms with Crippen LogP contribution in [0.2, 0.25) is 0 Å². The highest BCUT2D eigenvalue weighted by Crippen LogP contribution is 2.36. The molecule has 2 saturated heterocycles. The minimum absolute atomic E-state index is 0.000890. The third kappa shape index (κ3) is 6.64. The molecule has 0 radical (unpaired) electrons. The Kier molecular flexibility index (Phi) is 8.96. The molecule has 5 rings (SSSR count). The van der Waals surface area contributed by atoms with Gasteiger partial charge in [-0.25, -0.2) is 8.42 Å². The quantitative estimate of drug-likeness (QED) is 0.365. The van der Waals surface area contributed by atoms with Gasteiger partial charge in [0.15, 0.2) is 0 Å². The molecule has 2 aliphatic heterocycles. The van der Waals surface area contributed by atoms with E-state index >= 15 is 0 Å². The molecule has 1 unspecified atom stereocenters. The summed E-state index contributed by atoms with van der Waals surface area (Å²) >= 11 is 0. The van der Waals surface area contributed by atoms with Crippen LogP contribution in [-0.2, 0) is 14.8 Å². The highest BCUT2D eigenvalue weighted by Gasteiger charge is 2.31. The zero-order valence-corrected chi connectivity index (χ0v) is 25.9. The monoisotopic (exact) mass is 605 g/mol. The molecule has 43 heavy (non-hydrogen) atoms. The number of sulfonamides is 1. The fourth-order valence-corrected chi connectivity index (χ4v) is 7.37. The first kappa shape index (κ1) is 30.4. The number of anilines is 1. The van der Waals surface area contributed by atoms with E-state index in [-0.39, 0.29) is 34.6 Å². The number of methoxy groups -OCH3 is 1. The van der Waals surface area contributed by atoms with Crippen molar-refractivity contribution >= 4 is 27.5 Å². The Morgan fingerprint density at radius 1 is 0.930 bits per heavy atom. The predicted molar refractivity (Wildman–Crippen MR) is 165 cm³/mol. The summed E-state index contributed by atoms with van der Waals surface area (Å²) in [7, 11) is -2.61. The summed E-state index contributed by atoms with van der Waals surface area (Å²) in [6.07, 6.45) is 3.13. The van der Waals surface area contributed by atoms with E-state index in [1.165, 1.54) is 7.11 Å². The SMILES string of the molecule is COc1ccc(C2CCCCN2C(C)=O)cc1S(=O)(=O)Nc1cccc(O[C@H]2CCN(C(=O)c3c(C)cccc3C)C2)c1. The van der Waals surface area contributed by atoms with Crippen LogP contribution in [0.1, 0.15) is 65.7 Å². The van der Waals surface area contributed by atoms with Gasteiger partial charge in [-0.3, -0.25) is 14.3 Å². The number of rotatable bonds is 8. The molecule has 2 amide bonds. The predicted octanol–water partition coefficient (Wildman–Crippen LogP) is 5.48. The number of hydrogen-bond donors (Lipinski definition) is 1. The summed E-state index contributed by atoms with van der Waals surface area (Å²) in [5.41, 5.74) is 3.73. The second-order valence-electron chi connectivity index (χ2n) is 11.3. The number of aryl methyl sites for hydroxylation is 2. The van der Waals surface area contributed by atoms with Crippen LogP contribution < -0.4 is 14.2 Å². The zero-order valence-electron chi connectivity index (χ0n) is 25.1. The van der Waals surface area contributed by atoms with Crippen molar-refractivity contribution in [2.75, 3.05) is 31.5 Å². The summed E-state index contributed by atoms with van der Waals surface area (Å²) in [5, 5.41) is 0. The van der Waals surface area contributed by atoms with Gasteiger partial charge >= 0.3 is 0 Å². The molecule has 2 heterocycles. The average Bonchev–Trinajstić information content (AvgIpc) is 3.45. The number of piperidine rings is 1. The maximum Gasteiger partial charge on any atom is 0.265 e. The Balaban J connectivity index is 1.30. The Hall–Kier alpha value is -4.05. The fraction of sp³-hybridized carbons (Fsp3) is 0.394. The number of ether oxygens (including phenoxy) is 2. The van der Waals surface area contributed by atoms with Gasteiger partial charge in [0, 0.05) is 38.1 Å². The van der Waals surface area contributed by atoms with Crippen LogP contribution in [-0.4, -0.2) is 62.9 Å². The molecule has 0 aliphatic carbocycles. The standard InChI is InChI=1S/C33H39N3O6S/c1-22-9-7-10-23(2)32(22)33(38)35-18-16-28(21-35)42-27-12-8-11-26(20-27)34-43(39,40)31-19-25(14-15-30(31)41-4)29-13-5-6-17-36(29)24(3)37/h7-12,14-15,19-20,28-29,34H,5-6,13,16-18,21H2,1-4H3/t28-,29?/m0/s1. The molecule has 9 nitrogen and oxygen atoms in total. The van der Waals surface area contributed by atoms with E-state index in [1.807, 2.05) is 43.0 Å². The molecule has 0 bridgehead atoms. The van der Waals surface area contributed by atoms with Crippen molar-refractivity contribution in [2.24, 2.45) is 0 Å². The van der Waals surface area contributed by atoms with Crippen molar-refractivity contribution in [1.82, 2.24) is 9.80 Å². The van der Waals surface area contributed by atoms with E-state index in [1.54, 1.807) is 48.2 Å². The van der Waals surface area contributed by atoms with E-state index in [0.717, 1.165) is 41.5 Å². The molecule has 0 spiro atoms. The van der Waals surface area contributed by atoms with Gasteiger partial charge in [0.2, 0.25) is 5.91 Å². The van der Waals surface area contributed by atoms with Gasteiger partial charge in [-0.1, -0.05) is 30.3 Å². The molecular formula is C33H39N3O6S. The molecule has 3 aromatic rings. The van der Waals surface area contributed by atoms with Gasteiger partial charge in [0.25, 0.3) is 15.9 Å². The molecule has 3 aromatic carbocycles. The topological polar surface area (TPSA) is 105 Å². The van der Waals surface area contributed by atoms with Crippen LogP contribution in [0.4, 0.5) is 5.69 Å². The Morgan fingerprint density at radius 3 is 2.40 bits per heavy atom. The van der Waals surface area contributed by atoms with Crippen LogP contribution in [0.25, 0.3) is 0 Å². The Bertz CT molecular complexity index is 1600. The third-order valence-electron chi connectivity index (χ3n) is 8.29. The third-order valence-corrected chi connectivity index (χ3v) is 9.69. The lowest BCUT2D eigenvalue weighted by Gasteiger charge is -2.35. The molecule has 0 aromatic heterocycles. The van der Waals surface area contributed by atoms with Crippen LogP contribution in [0.15, 0.2) is 65.6 Å². The van der Waals surface area contributed by atoms with E-state index in [9.17, 15) is 18.0 Å². The molecule has 2 fully saturated rings. The van der Waals surface area contributed by atoms with Gasteiger partial charge in [-0.15, -0.1) is 0 Å². The maximum atomic E-state index is 13.6. The molecule has 228 valence electrons. The van der Waals surface area contributed by atoms with E-state index in [4.69, 9.17) is 9.47 Å². The summed E-state index contributed by atoms with van der Waals surface area (Å²) in [6.45, 7) is 7.12. The zero-order chi connectivity index (χ0) is 30.7. The van der Waals surface area contributed by atoms with Crippen LogP contribution in [0.5, 0.6) is 11.5 Å². The lowest BCUT2D eigenvalue weighted by molar-refractivity contribution is -0.132. The van der Waals surface area contributed by atoms with Crippen molar-refractivity contribution in [1.29, 1.82) is 0 Å². The minimum atomic E-state index is -4.04. The smallest absolute Gasteiger partial charge is 0.265 e. The van der Waals surface area contributed by atoms with E-state index in [0.29, 0.717) is 37.5 Å². The van der Waals surface area contributed by atoms with Crippen molar-refractivity contribution in [3.05, 3.63) is 82.9 Å². The number of nitrogens with zero attached hydrogens (tertiary/aromatic N) is 2. The van der Waals surface area contributed by atoms with Crippen molar-refractivity contribution in [2.45, 2.75) is 63.5 Å². The number of carbonyl (C=O) groups excluding carboxylic acids is 2. The van der Waals surface area contributed by atoms with Crippen molar-refractivity contribution in [3.63, 3.8) is 0 Å². The fourth-order valence-electron chi connectivity index (χ4n) is 6.12. The molecule has 2 aliphatic rings. The maximum absolute atomic E-state index is 13.6. The van der Waals surface area contributed by atoms with Crippen molar-refractivity contribution in [3.8, 4) is 11.5 Å². The highest BCUT2D eigenvalue weighted by molar-refractivity contribution is 7.92. The van der Waals surface area contributed by atoms with Gasteiger partial charge in [0.05, 0.1) is 25.4 Å². The second kappa shape index (κ2) is 12.7. The number of hydrogen-bond acceptors (Lipinski definition) is 6. The normalized spacial score (nSPS) is 18.8. The van der Waals surface area contributed by atoms with Gasteiger partial charge in [0.1, 0.15) is 22.5 Å². The molecular weight excluding hydrogens is 566 g/mol. The number of carbonyl (C=O) groups is 2. The summed E-state index contributed by atoms with van der Waals surface area (Å²) in [6, 6.07) is 17.5. The lowest BCUT2D eigenvalue weighted by Crippen LogP contribution is -2.37. The highest BCUT2D eigenvalue weighted by atomic mass is 32.2. The number of nitrogens with one attached hydrogen (secondary N) is 1. The van der Waals surface area contributed by atoms with Crippen LogP contribution >= 0.6 is 0 Å². The molecule has 2 atom stereocenters. The molecule has 10 heteroatoms. The first-order chi connectivity index (χ1) is 20.6. The van der Waals surface area contributed by atoms with Gasteiger partial charge < -0.3 is 19.3 Å². The number of amides is 2. The largest absolute Gasteiger partial charge is 0.495 e. The minimum Gasteiger partial charge on any atom is -0.495 e. The average molecular weight is 606 g/mol. The van der Waals surface area contributed by atoms with Crippen LogP contribution in [0.3, 0.4) is 0 Å². The lowest BCUT2D eigenvalue weighted by atomic mass is 9.95. The van der Waals surface area contributed by atoms with Crippen LogP contribution in [0, 0.1) is 13.8 Å². The first-order valence-electron chi connectivity index (χ1n) is 14.7. The van der Waals surface area contributed by atoms with Crippen molar-refractivity contribution < 1.29 is 27.5 Å². The van der Waals surface area contributed by atoms with Gasteiger partial charge in [-0.2, -0.15) is 0 Å². The van der Waals surface area contributed by atoms with E-state index < -0.39 is 10.0 Å². The van der Waals surface area contributed by atoms with Gasteiger partial charge in [-0.05, 0) is 74.1 Å². The number of likely N-dealkylation sites (tertiary alicyclic amines) is 2. The Labute approximate surface area is 253 Å².